The minimum Gasteiger partial charge on any atom is -0.325 e. The average Bonchev–Trinajstić information content (AvgIpc) is 2.87. The second-order valence-corrected chi connectivity index (χ2v) is 6.48. The maximum Gasteiger partial charge on any atom is 0.238 e. The van der Waals surface area contributed by atoms with Crippen molar-refractivity contribution >= 4 is 23.4 Å². The molecule has 20 heavy (non-hydrogen) atoms. The fourth-order valence-corrected chi connectivity index (χ4v) is 3.76. The van der Waals surface area contributed by atoms with Gasteiger partial charge in [0.2, 0.25) is 5.91 Å². The lowest BCUT2D eigenvalue weighted by atomic mass is 10.2. The Morgan fingerprint density at radius 2 is 2.10 bits per heavy atom. The maximum absolute atomic E-state index is 12.8. The number of carbonyl (C=O) groups is 1. The number of amides is 1. The first-order valence-corrected chi connectivity index (χ1v) is 8.14. The Balaban J connectivity index is 1.76. The van der Waals surface area contributed by atoms with Crippen LogP contribution in [-0.4, -0.2) is 29.5 Å². The monoisotopic (exact) mass is 296 g/mol. The highest BCUT2D eigenvalue weighted by Gasteiger charge is 2.26. The first-order valence-electron chi connectivity index (χ1n) is 7.09. The van der Waals surface area contributed by atoms with Gasteiger partial charge in [0.25, 0.3) is 0 Å². The summed E-state index contributed by atoms with van der Waals surface area (Å²) >= 11 is 1.97. The Morgan fingerprint density at radius 3 is 2.80 bits per heavy atom. The molecule has 1 aromatic rings. The number of hydrogen-bond acceptors (Lipinski definition) is 3. The van der Waals surface area contributed by atoms with E-state index in [1.165, 1.54) is 25.0 Å². The molecule has 2 atom stereocenters. The third-order valence-electron chi connectivity index (χ3n) is 3.49. The van der Waals surface area contributed by atoms with E-state index in [0.29, 0.717) is 23.5 Å². The summed E-state index contributed by atoms with van der Waals surface area (Å²) in [4.78, 5) is 11.8. The summed E-state index contributed by atoms with van der Waals surface area (Å²) in [7, 11) is 0. The normalized spacial score (nSPS) is 21.9. The number of benzene rings is 1. The van der Waals surface area contributed by atoms with E-state index in [-0.39, 0.29) is 11.7 Å². The van der Waals surface area contributed by atoms with Gasteiger partial charge in [0.1, 0.15) is 5.82 Å². The number of carbonyl (C=O) groups excluding carboxylic acids is 1. The highest BCUT2D eigenvalue weighted by molar-refractivity contribution is 7.99. The molecule has 0 radical (unpaired) electrons. The number of nitrogens with one attached hydrogen (secondary N) is 2. The van der Waals surface area contributed by atoms with E-state index in [1.807, 2.05) is 11.8 Å². The van der Waals surface area contributed by atoms with Crippen LogP contribution in [0.15, 0.2) is 24.3 Å². The number of anilines is 1. The van der Waals surface area contributed by atoms with E-state index in [0.717, 1.165) is 12.2 Å². The molecular weight excluding hydrogens is 275 g/mol. The van der Waals surface area contributed by atoms with E-state index in [4.69, 9.17) is 0 Å². The first-order chi connectivity index (χ1) is 9.69. The first kappa shape index (κ1) is 15.3. The largest absolute Gasteiger partial charge is 0.325 e. The standard InChI is InChI=1S/C15H21FN2OS/c1-2-20-14-5-3-4-13(14)17-10-15(19)18-12-8-6-11(16)7-9-12/h6-9,13-14,17H,2-5,10H2,1H3,(H,18,19). The summed E-state index contributed by atoms with van der Waals surface area (Å²) in [6.07, 6.45) is 3.60. The highest BCUT2D eigenvalue weighted by Crippen LogP contribution is 2.29. The van der Waals surface area contributed by atoms with Crippen molar-refractivity contribution in [1.29, 1.82) is 0 Å². The van der Waals surface area contributed by atoms with Crippen LogP contribution in [0.3, 0.4) is 0 Å². The van der Waals surface area contributed by atoms with Crippen LogP contribution >= 0.6 is 11.8 Å². The van der Waals surface area contributed by atoms with Gasteiger partial charge in [-0.1, -0.05) is 13.3 Å². The smallest absolute Gasteiger partial charge is 0.238 e. The van der Waals surface area contributed by atoms with Crippen molar-refractivity contribution in [1.82, 2.24) is 5.32 Å². The molecule has 0 aliphatic heterocycles. The van der Waals surface area contributed by atoms with Gasteiger partial charge < -0.3 is 10.6 Å². The molecule has 1 aliphatic carbocycles. The van der Waals surface area contributed by atoms with Crippen molar-refractivity contribution in [2.24, 2.45) is 0 Å². The van der Waals surface area contributed by atoms with Crippen LogP contribution in [0.25, 0.3) is 0 Å². The van der Waals surface area contributed by atoms with E-state index >= 15 is 0 Å². The zero-order chi connectivity index (χ0) is 14.4. The molecule has 3 nitrogen and oxygen atoms in total. The number of thioether (sulfide) groups is 1. The Bertz CT molecular complexity index is 438. The third-order valence-corrected chi connectivity index (χ3v) is 4.81. The molecular formula is C15H21FN2OS. The molecule has 1 aromatic carbocycles. The minimum atomic E-state index is -0.300. The molecule has 110 valence electrons. The average molecular weight is 296 g/mol. The zero-order valence-corrected chi connectivity index (χ0v) is 12.5. The van der Waals surface area contributed by atoms with Crippen LogP contribution in [0, 0.1) is 5.82 Å². The molecule has 0 bridgehead atoms. The lowest BCUT2D eigenvalue weighted by molar-refractivity contribution is -0.115. The fourth-order valence-electron chi connectivity index (χ4n) is 2.54. The van der Waals surface area contributed by atoms with Crippen molar-refractivity contribution in [2.45, 2.75) is 37.5 Å². The van der Waals surface area contributed by atoms with Gasteiger partial charge in [-0.3, -0.25) is 4.79 Å². The van der Waals surface area contributed by atoms with Gasteiger partial charge >= 0.3 is 0 Å². The Morgan fingerprint density at radius 1 is 1.35 bits per heavy atom. The summed E-state index contributed by atoms with van der Waals surface area (Å²) in [5, 5.41) is 6.73. The van der Waals surface area contributed by atoms with Gasteiger partial charge in [-0.25, -0.2) is 4.39 Å². The number of halogens is 1. The molecule has 0 aromatic heterocycles. The highest BCUT2D eigenvalue weighted by atomic mass is 32.2. The molecule has 1 aliphatic rings. The number of rotatable bonds is 6. The van der Waals surface area contributed by atoms with Crippen LogP contribution in [-0.2, 0) is 4.79 Å². The van der Waals surface area contributed by atoms with Gasteiger partial charge in [0, 0.05) is 17.0 Å². The third kappa shape index (κ3) is 4.49. The van der Waals surface area contributed by atoms with Crippen molar-refractivity contribution in [3.05, 3.63) is 30.1 Å². The lowest BCUT2D eigenvalue weighted by Crippen LogP contribution is -2.39. The molecule has 1 saturated carbocycles. The van der Waals surface area contributed by atoms with E-state index in [9.17, 15) is 9.18 Å². The molecule has 1 fully saturated rings. The van der Waals surface area contributed by atoms with Gasteiger partial charge in [-0.2, -0.15) is 11.8 Å². The van der Waals surface area contributed by atoms with Crippen LogP contribution < -0.4 is 10.6 Å². The van der Waals surface area contributed by atoms with Gasteiger partial charge in [0.05, 0.1) is 6.54 Å². The predicted molar refractivity (Wildman–Crippen MR) is 82.6 cm³/mol. The fraction of sp³-hybridized carbons (Fsp3) is 0.533. The summed E-state index contributed by atoms with van der Waals surface area (Å²) in [5.74, 6) is 0.736. The van der Waals surface area contributed by atoms with Crippen LogP contribution in [0.1, 0.15) is 26.2 Å². The van der Waals surface area contributed by atoms with Gasteiger partial charge in [0.15, 0.2) is 0 Å². The topological polar surface area (TPSA) is 41.1 Å². The molecule has 2 unspecified atom stereocenters. The van der Waals surface area contributed by atoms with E-state index < -0.39 is 0 Å². The summed E-state index contributed by atoms with van der Waals surface area (Å²) < 4.78 is 12.8. The summed E-state index contributed by atoms with van der Waals surface area (Å²) in [5.41, 5.74) is 0.629. The molecule has 5 heteroatoms. The van der Waals surface area contributed by atoms with Crippen molar-refractivity contribution in [3.63, 3.8) is 0 Å². The van der Waals surface area contributed by atoms with Crippen molar-refractivity contribution in [3.8, 4) is 0 Å². The number of hydrogen-bond donors (Lipinski definition) is 2. The van der Waals surface area contributed by atoms with E-state index in [2.05, 4.69) is 17.6 Å². The second-order valence-electron chi connectivity index (χ2n) is 4.97. The molecule has 1 amide bonds. The maximum atomic E-state index is 12.8. The van der Waals surface area contributed by atoms with E-state index in [1.54, 1.807) is 12.1 Å². The molecule has 2 N–H and O–H groups in total. The Kier molecular flexibility index (Phi) is 5.86. The van der Waals surface area contributed by atoms with Crippen LogP contribution in [0.5, 0.6) is 0 Å². The Labute approximate surface area is 123 Å². The summed E-state index contributed by atoms with van der Waals surface area (Å²) in [6, 6.07) is 6.25. The van der Waals surface area contributed by atoms with Crippen molar-refractivity contribution in [2.75, 3.05) is 17.6 Å². The second kappa shape index (κ2) is 7.64. The summed E-state index contributed by atoms with van der Waals surface area (Å²) in [6.45, 7) is 2.48. The van der Waals surface area contributed by atoms with Gasteiger partial charge in [-0.05, 0) is 42.9 Å². The van der Waals surface area contributed by atoms with Crippen LogP contribution in [0.4, 0.5) is 10.1 Å². The quantitative estimate of drug-likeness (QED) is 0.848. The van der Waals surface area contributed by atoms with Crippen molar-refractivity contribution < 1.29 is 9.18 Å². The van der Waals surface area contributed by atoms with Gasteiger partial charge in [-0.15, -0.1) is 0 Å². The Hall–Kier alpha value is -1.07. The SMILES string of the molecule is CCSC1CCCC1NCC(=O)Nc1ccc(F)cc1. The lowest BCUT2D eigenvalue weighted by Gasteiger charge is -2.19. The predicted octanol–water partition coefficient (Wildman–Crippen LogP) is 3.03. The zero-order valence-electron chi connectivity index (χ0n) is 11.7. The molecule has 0 heterocycles. The molecule has 2 rings (SSSR count). The minimum absolute atomic E-state index is 0.0799. The molecule has 0 spiro atoms. The van der Waals surface area contributed by atoms with Crippen LogP contribution in [0.2, 0.25) is 0 Å². The molecule has 0 saturated heterocycles.